The third kappa shape index (κ3) is 2.98. The summed E-state index contributed by atoms with van der Waals surface area (Å²) in [5.41, 5.74) is 0. The Balaban J connectivity index is 1.80. The van der Waals surface area contributed by atoms with Gasteiger partial charge in [-0.3, -0.25) is 0 Å². The first-order valence-corrected chi connectivity index (χ1v) is 6.86. The Morgan fingerprint density at radius 2 is 1.00 bits per heavy atom. The van der Waals surface area contributed by atoms with Crippen LogP contribution in [0.4, 0.5) is 0 Å². The molecule has 0 aliphatic heterocycles. The lowest BCUT2D eigenvalue weighted by Gasteiger charge is -2.37. The number of hydrogen-bond acceptors (Lipinski definition) is 2. The lowest BCUT2D eigenvalue weighted by atomic mass is 9.70. The topological polar surface area (TPSA) is 40.5 Å². The van der Waals surface area contributed by atoms with E-state index in [9.17, 15) is 10.2 Å². The average Bonchev–Trinajstić information content (AvgIpc) is 2.30. The number of rotatable bonds is 2. The second kappa shape index (κ2) is 5.50. The van der Waals surface area contributed by atoms with E-state index < -0.39 is 0 Å². The Kier molecular flexibility index (Phi) is 4.26. The molecule has 0 saturated heterocycles. The fourth-order valence-corrected chi connectivity index (χ4v) is 3.40. The summed E-state index contributed by atoms with van der Waals surface area (Å²) in [4.78, 5) is 0. The first-order chi connectivity index (χ1) is 7.66. The van der Waals surface area contributed by atoms with Crippen LogP contribution in [0.25, 0.3) is 0 Å². The molecule has 0 aromatic rings. The van der Waals surface area contributed by atoms with Crippen LogP contribution in [0.15, 0.2) is 0 Å². The maximum atomic E-state index is 9.51. The molecule has 2 fully saturated rings. The number of hydrogen-bond donors (Lipinski definition) is 2. The van der Waals surface area contributed by atoms with Gasteiger partial charge in [0, 0.05) is 0 Å². The first-order valence-electron chi connectivity index (χ1n) is 6.86. The summed E-state index contributed by atoms with van der Waals surface area (Å²) >= 11 is 0. The molecular weight excluding hydrogens is 200 g/mol. The van der Waals surface area contributed by atoms with Crippen LogP contribution in [0.5, 0.6) is 0 Å². The normalized spacial score (nSPS) is 41.2. The van der Waals surface area contributed by atoms with Crippen LogP contribution in [-0.2, 0) is 0 Å². The summed E-state index contributed by atoms with van der Waals surface area (Å²) < 4.78 is 0. The molecule has 0 heterocycles. The second-order valence-corrected chi connectivity index (χ2v) is 5.75. The van der Waals surface area contributed by atoms with Crippen molar-refractivity contribution in [3.63, 3.8) is 0 Å². The molecule has 2 rings (SSSR count). The monoisotopic (exact) mass is 225 g/mol. The van der Waals surface area contributed by atoms with Crippen LogP contribution in [0.1, 0.15) is 58.3 Å². The number of aliphatic hydroxyl groups is 2. The predicted octanol–water partition coefficient (Wildman–Crippen LogP) is 2.68. The number of aliphatic hydroxyl groups excluding tert-OH is 2. The van der Waals surface area contributed by atoms with Crippen LogP contribution < -0.4 is 0 Å². The van der Waals surface area contributed by atoms with Crippen molar-refractivity contribution in [2.24, 2.45) is 11.8 Å². The van der Waals surface area contributed by atoms with Gasteiger partial charge in [-0.15, -0.1) is 0 Å². The van der Waals surface area contributed by atoms with Crippen molar-refractivity contribution < 1.29 is 10.2 Å². The summed E-state index contributed by atoms with van der Waals surface area (Å²) in [6.07, 6.45) is 8.54. The van der Waals surface area contributed by atoms with E-state index in [1.54, 1.807) is 5.92 Å². The van der Waals surface area contributed by atoms with Gasteiger partial charge < -0.3 is 10.2 Å². The summed E-state index contributed by atoms with van der Waals surface area (Å²) in [5, 5.41) is 19.0. The molecule has 0 amide bonds. The van der Waals surface area contributed by atoms with E-state index in [2.05, 4.69) is 6.92 Å². The zero-order valence-corrected chi connectivity index (χ0v) is 10.4. The largest absolute Gasteiger partial charge is 0.393 e. The molecule has 2 saturated carbocycles. The minimum absolute atomic E-state index is 0.0442. The Morgan fingerprint density at radius 3 is 1.31 bits per heavy atom. The molecule has 2 N–H and O–H groups in total. The van der Waals surface area contributed by atoms with E-state index in [1.807, 2.05) is 0 Å². The van der Waals surface area contributed by atoms with Gasteiger partial charge in [0.05, 0.1) is 12.2 Å². The van der Waals surface area contributed by atoms with Gasteiger partial charge in [0.15, 0.2) is 0 Å². The van der Waals surface area contributed by atoms with E-state index in [0.717, 1.165) is 37.5 Å². The van der Waals surface area contributed by atoms with Crippen molar-refractivity contribution in [2.75, 3.05) is 0 Å². The summed E-state index contributed by atoms with van der Waals surface area (Å²) in [7, 11) is 0. The standard InChI is InChI=1S/C14H25O2/c1-10(11-2-6-13(15)7-3-11)12-4-8-14(16)9-5-12/h11-16H,2-9H2,1H3. The zero-order valence-electron chi connectivity index (χ0n) is 10.4. The molecule has 0 unspecified atom stereocenters. The molecule has 2 aliphatic carbocycles. The molecular formula is C14H25O2. The minimum Gasteiger partial charge on any atom is -0.393 e. The smallest absolute Gasteiger partial charge is 0.0540 e. The second-order valence-electron chi connectivity index (χ2n) is 5.75. The molecule has 0 atom stereocenters. The van der Waals surface area contributed by atoms with Crippen LogP contribution >= 0.6 is 0 Å². The highest BCUT2D eigenvalue weighted by molar-refractivity contribution is 5.01. The maximum absolute atomic E-state index is 9.51. The maximum Gasteiger partial charge on any atom is 0.0540 e. The van der Waals surface area contributed by atoms with Gasteiger partial charge in [-0.25, -0.2) is 0 Å². The van der Waals surface area contributed by atoms with E-state index in [0.29, 0.717) is 0 Å². The third-order valence-electron chi connectivity index (χ3n) is 4.68. The molecule has 0 aromatic carbocycles. The zero-order chi connectivity index (χ0) is 11.5. The third-order valence-corrected chi connectivity index (χ3v) is 4.68. The van der Waals surface area contributed by atoms with Crippen molar-refractivity contribution in [2.45, 2.75) is 70.5 Å². The molecule has 2 aliphatic rings. The lowest BCUT2D eigenvalue weighted by molar-refractivity contribution is 0.0906. The van der Waals surface area contributed by atoms with Crippen molar-refractivity contribution >= 4 is 0 Å². The van der Waals surface area contributed by atoms with Crippen molar-refractivity contribution in [1.82, 2.24) is 0 Å². The van der Waals surface area contributed by atoms with Gasteiger partial charge in [-0.05, 0) is 69.1 Å². The van der Waals surface area contributed by atoms with Crippen LogP contribution in [0, 0.1) is 17.8 Å². The van der Waals surface area contributed by atoms with Crippen LogP contribution in [0.3, 0.4) is 0 Å². The molecule has 0 bridgehead atoms. The fraction of sp³-hybridized carbons (Fsp3) is 0.929. The minimum atomic E-state index is -0.0442. The van der Waals surface area contributed by atoms with E-state index in [-0.39, 0.29) is 12.2 Å². The van der Waals surface area contributed by atoms with Gasteiger partial charge in [0.25, 0.3) is 0 Å². The molecule has 2 nitrogen and oxygen atoms in total. The Labute approximate surface area is 99.1 Å². The average molecular weight is 225 g/mol. The van der Waals surface area contributed by atoms with Crippen molar-refractivity contribution in [3.05, 3.63) is 5.92 Å². The Morgan fingerprint density at radius 1 is 0.688 bits per heavy atom. The summed E-state index contributed by atoms with van der Waals surface area (Å²) in [6.45, 7) is 2.31. The fourth-order valence-electron chi connectivity index (χ4n) is 3.40. The van der Waals surface area contributed by atoms with Gasteiger partial charge in [-0.2, -0.15) is 0 Å². The summed E-state index contributed by atoms with van der Waals surface area (Å²) in [5.74, 6) is 3.13. The van der Waals surface area contributed by atoms with E-state index in [1.165, 1.54) is 25.7 Å². The van der Waals surface area contributed by atoms with Crippen LogP contribution in [0.2, 0.25) is 0 Å². The Bertz CT molecular complexity index is 179. The molecule has 0 spiro atoms. The molecule has 93 valence electrons. The first kappa shape index (κ1) is 12.4. The van der Waals surface area contributed by atoms with Gasteiger partial charge >= 0.3 is 0 Å². The molecule has 0 aromatic heterocycles. The highest BCUT2D eigenvalue weighted by Gasteiger charge is 2.31. The molecule has 16 heavy (non-hydrogen) atoms. The van der Waals surface area contributed by atoms with Gasteiger partial charge in [-0.1, -0.05) is 6.92 Å². The van der Waals surface area contributed by atoms with E-state index >= 15 is 0 Å². The van der Waals surface area contributed by atoms with Gasteiger partial charge in [0.1, 0.15) is 0 Å². The highest BCUT2D eigenvalue weighted by atomic mass is 16.3. The highest BCUT2D eigenvalue weighted by Crippen LogP contribution is 2.40. The Hall–Kier alpha value is -0.0800. The van der Waals surface area contributed by atoms with Gasteiger partial charge in [0.2, 0.25) is 0 Å². The predicted molar refractivity (Wildman–Crippen MR) is 64.8 cm³/mol. The SMILES string of the molecule is C[C](C1CCC(O)CC1)C1CCC(O)CC1. The van der Waals surface area contributed by atoms with Crippen molar-refractivity contribution in [3.8, 4) is 0 Å². The quantitative estimate of drug-likeness (QED) is 0.758. The van der Waals surface area contributed by atoms with E-state index in [4.69, 9.17) is 0 Å². The lowest BCUT2D eigenvalue weighted by Crippen LogP contribution is -2.29. The molecule has 2 heteroatoms. The summed E-state index contributed by atoms with van der Waals surface area (Å²) in [6, 6.07) is 0. The molecule has 1 radical (unpaired) electrons. The van der Waals surface area contributed by atoms with Crippen molar-refractivity contribution in [1.29, 1.82) is 0 Å². The van der Waals surface area contributed by atoms with Crippen LogP contribution in [-0.4, -0.2) is 22.4 Å².